The first-order chi connectivity index (χ1) is 14.9. The van der Waals surface area contributed by atoms with Crippen molar-refractivity contribution in [1.29, 1.82) is 0 Å². The van der Waals surface area contributed by atoms with Gasteiger partial charge in [-0.3, -0.25) is 15.0 Å². The molecule has 0 saturated carbocycles. The van der Waals surface area contributed by atoms with Gasteiger partial charge in [0.25, 0.3) is 0 Å². The molecular weight excluding hydrogens is 372 g/mol. The summed E-state index contributed by atoms with van der Waals surface area (Å²) in [6, 6.07) is 18.4. The highest BCUT2D eigenvalue weighted by Gasteiger charge is 2.01. The van der Waals surface area contributed by atoms with Crippen LogP contribution in [0.25, 0.3) is 10.9 Å². The Labute approximate surface area is 177 Å². The Morgan fingerprint density at radius 2 is 1.80 bits per heavy atom. The molecule has 30 heavy (non-hydrogen) atoms. The van der Waals surface area contributed by atoms with Crippen molar-refractivity contribution in [1.82, 2.24) is 20.3 Å². The molecule has 5 heteroatoms. The van der Waals surface area contributed by atoms with Crippen molar-refractivity contribution >= 4 is 10.9 Å². The molecule has 3 aromatic heterocycles. The lowest BCUT2D eigenvalue weighted by Crippen LogP contribution is -2.17. The highest BCUT2D eigenvalue weighted by Crippen LogP contribution is 2.18. The van der Waals surface area contributed by atoms with E-state index in [9.17, 15) is 0 Å². The van der Waals surface area contributed by atoms with E-state index in [4.69, 9.17) is 4.74 Å². The van der Waals surface area contributed by atoms with Gasteiger partial charge in [-0.25, -0.2) is 0 Å². The van der Waals surface area contributed by atoms with Gasteiger partial charge >= 0.3 is 0 Å². The predicted octanol–water partition coefficient (Wildman–Crippen LogP) is 4.37. The summed E-state index contributed by atoms with van der Waals surface area (Å²) in [6.45, 7) is 2.43. The minimum Gasteiger partial charge on any atom is -0.494 e. The average Bonchev–Trinajstić information content (AvgIpc) is 2.81. The second-order valence-corrected chi connectivity index (χ2v) is 7.25. The third-order valence-corrected chi connectivity index (χ3v) is 4.94. The maximum absolute atomic E-state index is 5.88. The van der Waals surface area contributed by atoms with Gasteiger partial charge in [-0.05, 0) is 79.4 Å². The minimum absolute atomic E-state index is 0.686. The zero-order valence-corrected chi connectivity index (χ0v) is 17.0. The summed E-state index contributed by atoms with van der Waals surface area (Å²) in [6.07, 6.45) is 10.3. The summed E-state index contributed by atoms with van der Waals surface area (Å²) in [4.78, 5) is 13.0. The molecular formula is C25H26N4O. The number of aromatic nitrogens is 3. The molecule has 3 heterocycles. The molecule has 0 atom stereocenters. The van der Waals surface area contributed by atoms with Gasteiger partial charge in [-0.1, -0.05) is 12.1 Å². The smallest absolute Gasteiger partial charge is 0.120 e. The van der Waals surface area contributed by atoms with Gasteiger partial charge in [0.2, 0.25) is 0 Å². The van der Waals surface area contributed by atoms with Crippen LogP contribution in [0.3, 0.4) is 0 Å². The molecule has 1 aromatic carbocycles. The van der Waals surface area contributed by atoms with Crippen molar-refractivity contribution in [3.63, 3.8) is 0 Å². The molecule has 4 aromatic rings. The second-order valence-electron chi connectivity index (χ2n) is 7.25. The van der Waals surface area contributed by atoms with E-state index in [2.05, 4.69) is 44.5 Å². The Kier molecular flexibility index (Phi) is 6.97. The van der Waals surface area contributed by atoms with Crippen LogP contribution in [0.2, 0.25) is 0 Å². The Morgan fingerprint density at radius 1 is 0.833 bits per heavy atom. The molecule has 5 nitrogen and oxygen atoms in total. The van der Waals surface area contributed by atoms with Crippen LogP contribution in [-0.2, 0) is 19.4 Å². The SMILES string of the molecule is c1cncc(CCc2cc(CNCCCOc3ccc4ncccc4c3)ccn2)c1. The maximum Gasteiger partial charge on any atom is 0.120 e. The van der Waals surface area contributed by atoms with E-state index >= 15 is 0 Å². The van der Waals surface area contributed by atoms with Crippen LogP contribution in [0.15, 0.2) is 79.4 Å². The molecule has 0 aliphatic heterocycles. The molecule has 0 saturated heterocycles. The number of hydrogen-bond donors (Lipinski definition) is 1. The van der Waals surface area contributed by atoms with Crippen molar-refractivity contribution < 1.29 is 4.74 Å². The Hall–Kier alpha value is -3.31. The molecule has 152 valence electrons. The Balaban J connectivity index is 1.16. The normalized spacial score (nSPS) is 10.9. The summed E-state index contributed by atoms with van der Waals surface area (Å²) >= 11 is 0. The number of ether oxygens (including phenoxy) is 1. The molecule has 0 fully saturated rings. The molecule has 0 unspecified atom stereocenters. The van der Waals surface area contributed by atoms with Crippen LogP contribution in [0.1, 0.15) is 23.2 Å². The second kappa shape index (κ2) is 10.5. The van der Waals surface area contributed by atoms with E-state index in [0.29, 0.717) is 6.61 Å². The van der Waals surface area contributed by atoms with E-state index in [-0.39, 0.29) is 0 Å². The van der Waals surface area contributed by atoms with E-state index in [1.54, 1.807) is 12.4 Å². The highest BCUT2D eigenvalue weighted by atomic mass is 16.5. The fourth-order valence-corrected chi connectivity index (χ4v) is 3.36. The van der Waals surface area contributed by atoms with Crippen LogP contribution >= 0.6 is 0 Å². The van der Waals surface area contributed by atoms with Crippen molar-refractivity contribution in [2.75, 3.05) is 13.2 Å². The van der Waals surface area contributed by atoms with Gasteiger partial charge in [0, 0.05) is 42.4 Å². The first-order valence-electron chi connectivity index (χ1n) is 10.4. The molecule has 1 N–H and O–H groups in total. The molecule has 0 bridgehead atoms. The number of nitrogens with zero attached hydrogens (tertiary/aromatic N) is 3. The lowest BCUT2D eigenvalue weighted by molar-refractivity contribution is 0.308. The van der Waals surface area contributed by atoms with Crippen LogP contribution in [0, 0.1) is 0 Å². The summed E-state index contributed by atoms with van der Waals surface area (Å²) in [5.41, 5.74) is 4.61. The summed E-state index contributed by atoms with van der Waals surface area (Å²) in [5, 5.41) is 4.59. The van der Waals surface area contributed by atoms with Gasteiger partial charge < -0.3 is 10.1 Å². The standard InChI is InChI=1S/C25H26N4O/c1-4-20(18-26-11-1)6-7-23-16-21(10-14-28-23)19-27-12-3-15-30-24-8-9-25-22(17-24)5-2-13-29-25/h1-2,4-5,8-11,13-14,16-18,27H,3,6-7,12,15,19H2. The van der Waals surface area contributed by atoms with Gasteiger partial charge in [-0.15, -0.1) is 0 Å². The van der Waals surface area contributed by atoms with Crippen molar-refractivity contribution in [3.05, 3.63) is 96.2 Å². The fourth-order valence-electron chi connectivity index (χ4n) is 3.36. The van der Waals surface area contributed by atoms with Crippen LogP contribution in [-0.4, -0.2) is 28.1 Å². The van der Waals surface area contributed by atoms with Gasteiger partial charge in [0.1, 0.15) is 5.75 Å². The lowest BCUT2D eigenvalue weighted by Gasteiger charge is -2.09. The molecule has 0 aliphatic carbocycles. The van der Waals surface area contributed by atoms with Crippen molar-refractivity contribution in [2.24, 2.45) is 0 Å². The third-order valence-electron chi connectivity index (χ3n) is 4.94. The predicted molar refractivity (Wildman–Crippen MR) is 119 cm³/mol. The molecule has 0 radical (unpaired) electrons. The molecule has 4 rings (SSSR count). The lowest BCUT2D eigenvalue weighted by atomic mass is 10.1. The number of benzene rings is 1. The van der Waals surface area contributed by atoms with Gasteiger partial charge in [0.15, 0.2) is 0 Å². The number of rotatable bonds is 10. The number of pyridine rings is 3. The minimum atomic E-state index is 0.686. The first kappa shape index (κ1) is 20.0. The maximum atomic E-state index is 5.88. The van der Waals surface area contributed by atoms with E-state index in [1.807, 2.05) is 42.7 Å². The number of nitrogens with one attached hydrogen (secondary N) is 1. The monoisotopic (exact) mass is 398 g/mol. The number of aryl methyl sites for hydroxylation is 2. The first-order valence-corrected chi connectivity index (χ1v) is 10.4. The van der Waals surface area contributed by atoms with Crippen LogP contribution in [0.5, 0.6) is 5.75 Å². The number of fused-ring (bicyclic) bond motifs is 1. The Morgan fingerprint density at radius 3 is 2.73 bits per heavy atom. The quantitative estimate of drug-likeness (QED) is 0.402. The molecule has 0 aliphatic rings. The summed E-state index contributed by atoms with van der Waals surface area (Å²) in [7, 11) is 0. The van der Waals surface area contributed by atoms with Gasteiger partial charge in [0.05, 0.1) is 12.1 Å². The third kappa shape index (κ3) is 5.84. The van der Waals surface area contributed by atoms with Crippen LogP contribution < -0.4 is 10.1 Å². The summed E-state index contributed by atoms with van der Waals surface area (Å²) < 4.78 is 5.88. The molecule has 0 spiro atoms. The average molecular weight is 399 g/mol. The fraction of sp³-hybridized carbons (Fsp3) is 0.240. The zero-order chi connectivity index (χ0) is 20.4. The largest absolute Gasteiger partial charge is 0.494 e. The molecule has 0 amide bonds. The zero-order valence-electron chi connectivity index (χ0n) is 17.0. The van der Waals surface area contributed by atoms with Crippen LogP contribution in [0.4, 0.5) is 0 Å². The van der Waals surface area contributed by atoms with E-state index in [1.165, 1.54) is 11.1 Å². The van der Waals surface area contributed by atoms with Gasteiger partial charge in [-0.2, -0.15) is 0 Å². The van der Waals surface area contributed by atoms with Crippen molar-refractivity contribution in [2.45, 2.75) is 25.8 Å². The van der Waals surface area contributed by atoms with E-state index in [0.717, 1.165) is 54.7 Å². The summed E-state index contributed by atoms with van der Waals surface area (Å²) in [5.74, 6) is 0.892. The Bertz CT molecular complexity index is 1070. The van der Waals surface area contributed by atoms with Crippen molar-refractivity contribution in [3.8, 4) is 5.75 Å². The topological polar surface area (TPSA) is 59.9 Å². The van der Waals surface area contributed by atoms with E-state index < -0.39 is 0 Å². The number of hydrogen-bond acceptors (Lipinski definition) is 5. The highest BCUT2D eigenvalue weighted by molar-refractivity contribution is 5.79.